The first-order chi connectivity index (χ1) is 10.9. The first-order valence-electron chi connectivity index (χ1n) is 8.05. The van der Waals surface area contributed by atoms with Crippen LogP contribution in [0.25, 0.3) is 21.9 Å². The molecular weight excluding hydrogens is 268 g/mol. The minimum atomic E-state index is 0.997. The van der Waals surface area contributed by atoms with Crippen molar-refractivity contribution in [2.24, 2.45) is 0 Å². The Kier molecular flexibility index (Phi) is 3.34. The van der Waals surface area contributed by atoms with Crippen LogP contribution in [0.15, 0.2) is 54.6 Å². The van der Waals surface area contributed by atoms with Gasteiger partial charge in [-0.1, -0.05) is 48.5 Å². The van der Waals surface area contributed by atoms with E-state index in [2.05, 4.69) is 54.6 Å². The van der Waals surface area contributed by atoms with Crippen molar-refractivity contribution in [1.29, 1.82) is 0 Å². The first-order valence-corrected chi connectivity index (χ1v) is 8.05. The third kappa shape index (κ3) is 2.09. The van der Waals surface area contributed by atoms with E-state index in [4.69, 9.17) is 4.74 Å². The van der Waals surface area contributed by atoms with Crippen LogP contribution in [-0.4, -0.2) is 7.11 Å². The van der Waals surface area contributed by atoms with Crippen molar-refractivity contribution < 1.29 is 4.74 Å². The van der Waals surface area contributed by atoms with Crippen LogP contribution in [0, 0.1) is 0 Å². The van der Waals surface area contributed by atoms with E-state index in [-0.39, 0.29) is 0 Å². The van der Waals surface area contributed by atoms with Gasteiger partial charge in [0.15, 0.2) is 0 Å². The van der Waals surface area contributed by atoms with Crippen molar-refractivity contribution in [3.05, 3.63) is 65.7 Å². The van der Waals surface area contributed by atoms with Gasteiger partial charge in [0.1, 0.15) is 5.75 Å². The number of hydrogen-bond donors (Lipinski definition) is 0. The Morgan fingerprint density at radius 2 is 1.64 bits per heavy atom. The van der Waals surface area contributed by atoms with Crippen molar-refractivity contribution >= 4 is 10.8 Å². The van der Waals surface area contributed by atoms with E-state index in [1.54, 1.807) is 7.11 Å². The number of fused-ring (bicyclic) bond motifs is 2. The second kappa shape index (κ2) is 5.49. The molecule has 0 N–H and O–H groups in total. The number of hydrogen-bond acceptors (Lipinski definition) is 1. The maximum atomic E-state index is 5.71. The van der Waals surface area contributed by atoms with E-state index in [9.17, 15) is 0 Å². The van der Waals surface area contributed by atoms with Crippen LogP contribution in [0.1, 0.15) is 24.0 Å². The van der Waals surface area contributed by atoms with Gasteiger partial charge in [0.2, 0.25) is 0 Å². The standard InChI is InChI=1S/C21H20O/c1-22-20-14-13-16-8-3-5-11-18(16)21(20)19-12-6-9-15-7-2-4-10-17(15)19/h2,4,6-7,9-10,12-14H,3,5,8,11H2,1H3. The Balaban J connectivity index is 2.05. The fraction of sp³-hybridized carbons (Fsp3) is 0.238. The van der Waals surface area contributed by atoms with Crippen LogP contribution in [0.2, 0.25) is 0 Å². The molecule has 1 heteroatoms. The number of methoxy groups -OCH3 is 1. The molecular formula is C21H20O. The summed E-state index contributed by atoms with van der Waals surface area (Å²) in [5.41, 5.74) is 5.59. The Morgan fingerprint density at radius 3 is 2.55 bits per heavy atom. The van der Waals surface area contributed by atoms with Crippen molar-refractivity contribution in [3.8, 4) is 16.9 Å². The Morgan fingerprint density at radius 1 is 0.818 bits per heavy atom. The zero-order valence-electron chi connectivity index (χ0n) is 12.9. The van der Waals surface area contributed by atoms with Gasteiger partial charge in [0, 0.05) is 5.56 Å². The lowest BCUT2D eigenvalue weighted by molar-refractivity contribution is 0.415. The van der Waals surface area contributed by atoms with Crippen LogP contribution in [-0.2, 0) is 12.8 Å². The maximum Gasteiger partial charge on any atom is 0.127 e. The molecule has 4 rings (SSSR count). The quantitative estimate of drug-likeness (QED) is 0.614. The average molecular weight is 288 g/mol. The molecule has 0 aliphatic heterocycles. The van der Waals surface area contributed by atoms with Gasteiger partial charge in [0.25, 0.3) is 0 Å². The van der Waals surface area contributed by atoms with Gasteiger partial charge in [-0.25, -0.2) is 0 Å². The molecule has 1 aliphatic carbocycles. The summed E-state index contributed by atoms with van der Waals surface area (Å²) in [6.07, 6.45) is 4.93. The molecule has 0 atom stereocenters. The molecule has 0 spiro atoms. The largest absolute Gasteiger partial charge is 0.496 e. The minimum absolute atomic E-state index is 0.997. The molecule has 0 fully saturated rings. The third-order valence-corrected chi connectivity index (χ3v) is 4.77. The van der Waals surface area contributed by atoms with Crippen molar-refractivity contribution in [2.75, 3.05) is 7.11 Å². The molecule has 110 valence electrons. The number of ether oxygens (including phenoxy) is 1. The van der Waals surface area contributed by atoms with Gasteiger partial charge in [0.05, 0.1) is 7.11 Å². The molecule has 0 unspecified atom stereocenters. The molecule has 0 bridgehead atoms. The molecule has 22 heavy (non-hydrogen) atoms. The van der Waals surface area contributed by atoms with Crippen molar-refractivity contribution in [1.82, 2.24) is 0 Å². The lowest BCUT2D eigenvalue weighted by atomic mass is 9.84. The monoisotopic (exact) mass is 288 g/mol. The lowest BCUT2D eigenvalue weighted by Gasteiger charge is -2.22. The summed E-state index contributed by atoms with van der Waals surface area (Å²) >= 11 is 0. The molecule has 1 aliphatic rings. The van der Waals surface area contributed by atoms with Crippen LogP contribution in [0.3, 0.4) is 0 Å². The summed E-state index contributed by atoms with van der Waals surface area (Å²) in [5, 5.41) is 2.60. The SMILES string of the molecule is COc1ccc2c(c1-c1cccc3ccccc13)CCCC2. The summed E-state index contributed by atoms with van der Waals surface area (Å²) in [6.45, 7) is 0. The van der Waals surface area contributed by atoms with Gasteiger partial charge in [-0.2, -0.15) is 0 Å². The molecule has 0 aromatic heterocycles. The molecule has 1 nitrogen and oxygen atoms in total. The first kappa shape index (κ1) is 13.4. The second-order valence-electron chi connectivity index (χ2n) is 6.01. The Bertz CT molecular complexity index is 827. The normalized spacial score (nSPS) is 13.9. The molecule has 0 amide bonds. The van der Waals surface area contributed by atoms with Crippen molar-refractivity contribution in [3.63, 3.8) is 0 Å². The van der Waals surface area contributed by atoms with E-state index in [0.29, 0.717) is 0 Å². The summed E-state index contributed by atoms with van der Waals surface area (Å²) in [6, 6.07) is 19.6. The van der Waals surface area contributed by atoms with E-state index in [1.807, 2.05) is 0 Å². The van der Waals surface area contributed by atoms with E-state index in [0.717, 1.165) is 12.2 Å². The fourth-order valence-electron chi connectivity index (χ4n) is 3.72. The summed E-state index contributed by atoms with van der Waals surface area (Å²) in [5.74, 6) is 0.997. The number of aryl methyl sites for hydroxylation is 1. The average Bonchev–Trinajstić information content (AvgIpc) is 2.60. The highest BCUT2D eigenvalue weighted by Crippen LogP contribution is 2.41. The summed E-state index contributed by atoms with van der Waals surface area (Å²) < 4.78 is 5.71. The topological polar surface area (TPSA) is 9.23 Å². The number of benzene rings is 3. The highest BCUT2D eigenvalue weighted by atomic mass is 16.5. The maximum absolute atomic E-state index is 5.71. The van der Waals surface area contributed by atoms with Crippen LogP contribution in [0.4, 0.5) is 0 Å². The zero-order chi connectivity index (χ0) is 14.9. The van der Waals surface area contributed by atoms with E-state index >= 15 is 0 Å². The predicted molar refractivity (Wildman–Crippen MR) is 92.6 cm³/mol. The summed E-state index contributed by atoms with van der Waals surface area (Å²) in [4.78, 5) is 0. The predicted octanol–water partition coefficient (Wildman–Crippen LogP) is 5.39. The van der Waals surface area contributed by atoms with Crippen LogP contribution < -0.4 is 4.74 Å². The van der Waals surface area contributed by atoms with Gasteiger partial charge in [-0.3, -0.25) is 0 Å². The second-order valence-corrected chi connectivity index (χ2v) is 6.01. The van der Waals surface area contributed by atoms with Crippen molar-refractivity contribution in [2.45, 2.75) is 25.7 Å². The van der Waals surface area contributed by atoms with Gasteiger partial charge < -0.3 is 4.74 Å². The van der Waals surface area contributed by atoms with Gasteiger partial charge >= 0.3 is 0 Å². The third-order valence-electron chi connectivity index (χ3n) is 4.77. The smallest absolute Gasteiger partial charge is 0.127 e. The van der Waals surface area contributed by atoms with Crippen LogP contribution in [0.5, 0.6) is 5.75 Å². The molecule has 3 aromatic carbocycles. The molecule has 0 radical (unpaired) electrons. The van der Waals surface area contributed by atoms with E-state index < -0.39 is 0 Å². The molecule has 0 heterocycles. The van der Waals surface area contributed by atoms with Gasteiger partial charge in [-0.15, -0.1) is 0 Å². The molecule has 0 saturated heterocycles. The highest BCUT2D eigenvalue weighted by Gasteiger charge is 2.19. The Hall–Kier alpha value is -2.28. The Labute approximate surface area is 131 Å². The molecule has 3 aromatic rings. The fourth-order valence-corrected chi connectivity index (χ4v) is 3.72. The van der Waals surface area contributed by atoms with Crippen LogP contribution >= 0.6 is 0 Å². The molecule has 0 saturated carbocycles. The van der Waals surface area contributed by atoms with E-state index in [1.165, 1.54) is 52.3 Å². The zero-order valence-corrected chi connectivity index (χ0v) is 12.9. The van der Waals surface area contributed by atoms with Gasteiger partial charge in [-0.05, 0) is 59.2 Å². The number of rotatable bonds is 2. The summed E-state index contributed by atoms with van der Waals surface area (Å²) in [7, 11) is 1.78. The highest BCUT2D eigenvalue weighted by molar-refractivity contribution is 5.99. The lowest BCUT2D eigenvalue weighted by Crippen LogP contribution is -2.06. The minimum Gasteiger partial charge on any atom is -0.496 e.